The Balaban J connectivity index is 1.14. The molecule has 58 heavy (non-hydrogen) atoms. The number of furan rings is 1. The zero-order chi connectivity index (χ0) is 38.2. The second-order valence-corrected chi connectivity index (χ2v) is 15.2. The van der Waals surface area contributed by atoms with E-state index >= 15 is 0 Å². The van der Waals surface area contributed by atoms with Crippen LogP contribution in [0.2, 0.25) is 0 Å². The zero-order valence-corrected chi connectivity index (χ0v) is 31.6. The highest BCUT2D eigenvalue weighted by atomic mass is 16.3. The van der Waals surface area contributed by atoms with Crippen LogP contribution in [0, 0.1) is 0 Å². The van der Waals surface area contributed by atoms with Gasteiger partial charge >= 0.3 is 0 Å². The molecule has 272 valence electrons. The zero-order valence-electron chi connectivity index (χ0n) is 31.6. The van der Waals surface area contributed by atoms with Gasteiger partial charge < -0.3 is 14.2 Å². The minimum absolute atomic E-state index is 0.575. The standard InChI is InChI=1S/C55H36N2O/c1-3-16-37(17-4-1)38-30-32-40(33-31-38)56(52-28-15-22-45-44-21-8-14-29-53(44)58-54(45)52)41-34-35-43-42-20-7-9-23-46(42)55(49(43)36-41)47-24-10-12-26-50(47)57(39-18-5-2-6-19-39)51-27-13-11-25-48(51)55/h1-36H. The Morgan fingerprint density at radius 1 is 0.397 bits per heavy atom. The number of anilines is 6. The Bertz CT molecular complexity index is 3140. The highest BCUT2D eigenvalue weighted by Crippen LogP contribution is 2.64. The first kappa shape index (κ1) is 32.6. The molecule has 3 heteroatoms. The maximum atomic E-state index is 6.75. The van der Waals surface area contributed by atoms with Crippen molar-refractivity contribution in [3.05, 3.63) is 241 Å². The van der Waals surface area contributed by atoms with Crippen LogP contribution in [0.5, 0.6) is 0 Å². The van der Waals surface area contributed by atoms with Crippen LogP contribution in [-0.4, -0.2) is 0 Å². The van der Waals surface area contributed by atoms with E-state index in [-0.39, 0.29) is 0 Å². The van der Waals surface area contributed by atoms with Crippen LogP contribution in [-0.2, 0) is 5.41 Å². The normalized spacial score (nSPS) is 13.3. The Labute approximate surface area is 337 Å². The summed E-state index contributed by atoms with van der Waals surface area (Å²) in [6.45, 7) is 0. The number of benzene rings is 9. The van der Waals surface area contributed by atoms with Crippen molar-refractivity contribution < 1.29 is 4.42 Å². The average molecular weight is 741 g/mol. The lowest BCUT2D eigenvalue weighted by Gasteiger charge is -2.45. The summed E-state index contributed by atoms with van der Waals surface area (Å²) in [4.78, 5) is 4.82. The summed E-state index contributed by atoms with van der Waals surface area (Å²) in [5, 5.41) is 2.21. The Morgan fingerprint density at radius 2 is 0.966 bits per heavy atom. The van der Waals surface area contributed by atoms with E-state index in [2.05, 4.69) is 222 Å². The molecule has 0 saturated carbocycles. The number of nitrogens with zero attached hydrogens (tertiary/aromatic N) is 2. The molecule has 0 unspecified atom stereocenters. The molecule has 0 bridgehead atoms. The van der Waals surface area contributed by atoms with Crippen molar-refractivity contribution in [3.63, 3.8) is 0 Å². The quantitative estimate of drug-likeness (QED) is 0.175. The predicted octanol–water partition coefficient (Wildman–Crippen LogP) is 14.9. The monoisotopic (exact) mass is 740 g/mol. The summed E-state index contributed by atoms with van der Waals surface area (Å²) in [5.74, 6) is 0. The third-order valence-corrected chi connectivity index (χ3v) is 12.3. The van der Waals surface area contributed by atoms with Gasteiger partial charge in [0, 0.05) is 27.8 Å². The fourth-order valence-corrected chi connectivity index (χ4v) is 9.86. The molecule has 2 aliphatic rings. The molecular weight excluding hydrogens is 705 g/mol. The van der Waals surface area contributed by atoms with Crippen molar-refractivity contribution in [3.8, 4) is 22.3 Å². The second kappa shape index (κ2) is 12.7. The maximum Gasteiger partial charge on any atom is 0.159 e. The van der Waals surface area contributed by atoms with Crippen LogP contribution in [0.4, 0.5) is 34.1 Å². The minimum atomic E-state index is -0.575. The number of para-hydroxylation sites is 5. The number of fused-ring (bicyclic) bond motifs is 12. The van der Waals surface area contributed by atoms with Gasteiger partial charge in [-0.3, -0.25) is 0 Å². The van der Waals surface area contributed by atoms with Gasteiger partial charge in [-0.15, -0.1) is 0 Å². The van der Waals surface area contributed by atoms with Gasteiger partial charge in [0.15, 0.2) is 5.58 Å². The number of hydrogen-bond acceptors (Lipinski definition) is 3. The third-order valence-electron chi connectivity index (χ3n) is 12.3. The number of rotatable bonds is 5. The van der Waals surface area contributed by atoms with E-state index in [0.717, 1.165) is 44.7 Å². The fourth-order valence-electron chi connectivity index (χ4n) is 9.86. The molecule has 9 aromatic carbocycles. The van der Waals surface area contributed by atoms with Crippen LogP contribution in [0.25, 0.3) is 44.2 Å². The highest BCUT2D eigenvalue weighted by molar-refractivity contribution is 6.10. The molecule has 0 atom stereocenters. The Hall–Kier alpha value is -7.62. The molecule has 1 aliphatic carbocycles. The summed E-state index contributed by atoms with van der Waals surface area (Å²) in [6, 6.07) is 79.2. The molecule has 3 nitrogen and oxygen atoms in total. The van der Waals surface area contributed by atoms with Gasteiger partial charge in [0.25, 0.3) is 0 Å². The van der Waals surface area contributed by atoms with E-state index in [1.165, 1.54) is 55.9 Å². The van der Waals surface area contributed by atoms with E-state index in [9.17, 15) is 0 Å². The molecule has 0 fully saturated rings. The van der Waals surface area contributed by atoms with Crippen molar-refractivity contribution in [1.29, 1.82) is 0 Å². The topological polar surface area (TPSA) is 19.6 Å². The Morgan fingerprint density at radius 3 is 1.72 bits per heavy atom. The first-order chi connectivity index (χ1) is 28.8. The first-order valence-corrected chi connectivity index (χ1v) is 19.9. The molecule has 10 aromatic rings. The van der Waals surface area contributed by atoms with Crippen molar-refractivity contribution in [2.75, 3.05) is 9.80 Å². The fraction of sp³-hybridized carbons (Fsp3) is 0.0182. The van der Waals surface area contributed by atoms with Crippen LogP contribution in [0.1, 0.15) is 22.3 Å². The SMILES string of the molecule is c1ccc(-c2ccc(N(c3ccc4c(c3)C3(c5ccccc5-4)c4ccccc4N(c4ccccc4)c4ccccc43)c3cccc4c3oc3ccccc34)cc2)cc1. The molecule has 0 radical (unpaired) electrons. The van der Waals surface area contributed by atoms with Gasteiger partial charge in [-0.1, -0.05) is 158 Å². The molecule has 1 aliphatic heterocycles. The van der Waals surface area contributed by atoms with Gasteiger partial charge in [0.1, 0.15) is 5.58 Å². The summed E-state index contributed by atoms with van der Waals surface area (Å²) < 4.78 is 6.75. The van der Waals surface area contributed by atoms with E-state index in [0.29, 0.717) is 0 Å². The van der Waals surface area contributed by atoms with Gasteiger partial charge in [-0.05, 0) is 105 Å². The second-order valence-electron chi connectivity index (χ2n) is 15.2. The smallest absolute Gasteiger partial charge is 0.159 e. The van der Waals surface area contributed by atoms with E-state index < -0.39 is 5.41 Å². The molecule has 2 heterocycles. The Kier molecular flexibility index (Phi) is 7.14. The van der Waals surface area contributed by atoms with Crippen molar-refractivity contribution in [2.45, 2.75) is 5.41 Å². The summed E-state index contributed by atoms with van der Waals surface area (Å²) in [7, 11) is 0. The van der Waals surface area contributed by atoms with Crippen molar-refractivity contribution in [2.24, 2.45) is 0 Å². The third kappa shape index (κ3) is 4.62. The van der Waals surface area contributed by atoms with Gasteiger partial charge in [0.05, 0.1) is 22.5 Å². The van der Waals surface area contributed by atoms with E-state index in [1.807, 2.05) is 6.07 Å². The molecular formula is C55H36N2O. The van der Waals surface area contributed by atoms with Gasteiger partial charge in [-0.2, -0.15) is 0 Å². The molecule has 1 aromatic heterocycles. The molecule has 1 spiro atoms. The summed E-state index contributed by atoms with van der Waals surface area (Å²) >= 11 is 0. The van der Waals surface area contributed by atoms with Crippen LogP contribution in [0.3, 0.4) is 0 Å². The van der Waals surface area contributed by atoms with Crippen molar-refractivity contribution >= 4 is 56.1 Å². The van der Waals surface area contributed by atoms with E-state index in [1.54, 1.807) is 0 Å². The van der Waals surface area contributed by atoms with Crippen LogP contribution in [0.15, 0.2) is 223 Å². The maximum absolute atomic E-state index is 6.75. The van der Waals surface area contributed by atoms with Gasteiger partial charge in [0.2, 0.25) is 0 Å². The average Bonchev–Trinajstić information content (AvgIpc) is 3.82. The summed E-state index contributed by atoms with van der Waals surface area (Å²) in [5.41, 5.74) is 17.7. The summed E-state index contributed by atoms with van der Waals surface area (Å²) in [6.07, 6.45) is 0. The molecule has 0 N–H and O–H groups in total. The van der Waals surface area contributed by atoms with Crippen LogP contribution >= 0.6 is 0 Å². The predicted molar refractivity (Wildman–Crippen MR) is 239 cm³/mol. The highest BCUT2D eigenvalue weighted by Gasteiger charge is 2.51. The molecule has 0 saturated heterocycles. The molecule has 12 rings (SSSR count). The largest absolute Gasteiger partial charge is 0.454 e. The van der Waals surface area contributed by atoms with Crippen molar-refractivity contribution in [1.82, 2.24) is 0 Å². The van der Waals surface area contributed by atoms with Crippen LogP contribution < -0.4 is 9.80 Å². The number of hydrogen-bond donors (Lipinski definition) is 0. The lowest BCUT2D eigenvalue weighted by atomic mass is 9.64. The van der Waals surface area contributed by atoms with E-state index in [4.69, 9.17) is 4.42 Å². The molecule has 0 amide bonds. The lowest BCUT2D eigenvalue weighted by Crippen LogP contribution is -2.36. The van der Waals surface area contributed by atoms with Gasteiger partial charge in [-0.25, -0.2) is 0 Å². The minimum Gasteiger partial charge on any atom is -0.454 e. The first-order valence-electron chi connectivity index (χ1n) is 19.9. The lowest BCUT2D eigenvalue weighted by molar-refractivity contribution is 0.669.